The van der Waals surface area contributed by atoms with E-state index in [-0.39, 0.29) is 0 Å². The van der Waals surface area contributed by atoms with Crippen LogP contribution in [-0.2, 0) is 11.3 Å². The zero-order valence-electron chi connectivity index (χ0n) is 13.1. The minimum Gasteiger partial charge on any atom is -0.379 e. The SMILES string of the molecule is CCCNC1COCC1CN(C)Cc1ccc(C)cc1. The number of benzene rings is 1. The number of aryl methyl sites for hydroxylation is 1. The summed E-state index contributed by atoms with van der Waals surface area (Å²) in [4.78, 5) is 2.41. The largest absolute Gasteiger partial charge is 0.379 e. The molecule has 1 aliphatic heterocycles. The van der Waals surface area contributed by atoms with Crippen LogP contribution in [0.4, 0.5) is 0 Å². The van der Waals surface area contributed by atoms with Gasteiger partial charge in [0.1, 0.15) is 0 Å². The fourth-order valence-electron chi connectivity index (χ4n) is 2.80. The molecule has 112 valence electrons. The summed E-state index contributed by atoms with van der Waals surface area (Å²) >= 11 is 0. The summed E-state index contributed by atoms with van der Waals surface area (Å²) in [6.45, 7) is 9.29. The Morgan fingerprint density at radius 1 is 1.25 bits per heavy atom. The van der Waals surface area contributed by atoms with Gasteiger partial charge in [0.05, 0.1) is 13.2 Å². The van der Waals surface area contributed by atoms with Gasteiger partial charge in [-0.05, 0) is 32.5 Å². The van der Waals surface area contributed by atoms with Crippen molar-refractivity contribution in [2.24, 2.45) is 5.92 Å². The van der Waals surface area contributed by atoms with Crippen molar-refractivity contribution < 1.29 is 4.74 Å². The van der Waals surface area contributed by atoms with E-state index in [1.54, 1.807) is 0 Å². The first-order chi connectivity index (χ1) is 9.69. The molecule has 0 radical (unpaired) electrons. The average Bonchev–Trinajstić information content (AvgIpc) is 2.86. The van der Waals surface area contributed by atoms with Crippen LogP contribution in [0.2, 0.25) is 0 Å². The number of hydrogen-bond donors (Lipinski definition) is 1. The van der Waals surface area contributed by atoms with E-state index in [4.69, 9.17) is 4.74 Å². The molecule has 3 heteroatoms. The Balaban J connectivity index is 1.81. The van der Waals surface area contributed by atoms with Gasteiger partial charge in [0, 0.05) is 25.0 Å². The molecule has 20 heavy (non-hydrogen) atoms. The molecule has 0 aliphatic carbocycles. The second kappa shape index (κ2) is 7.77. The van der Waals surface area contributed by atoms with E-state index in [2.05, 4.69) is 55.4 Å². The Kier molecular flexibility index (Phi) is 6.02. The van der Waals surface area contributed by atoms with Crippen LogP contribution >= 0.6 is 0 Å². The van der Waals surface area contributed by atoms with Crippen molar-refractivity contribution in [3.05, 3.63) is 35.4 Å². The van der Waals surface area contributed by atoms with Gasteiger partial charge in [-0.3, -0.25) is 0 Å². The molecule has 1 aromatic rings. The molecule has 1 aromatic carbocycles. The standard InChI is InChI=1S/C17H28N2O/c1-4-9-18-17-13-20-12-16(17)11-19(3)10-15-7-5-14(2)6-8-15/h5-8,16-18H,4,9-13H2,1-3H3. The first-order valence-electron chi connectivity index (χ1n) is 7.74. The fraction of sp³-hybridized carbons (Fsp3) is 0.647. The molecule has 1 heterocycles. The summed E-state index contributed by atoms with van der Waals surface area (Å²) in [5.74, 6) is 0.608. The second-order valence-corrected chi connectivity index (χ2v) is 6.04. The molecular weight excluding hydrogens is 248 g/mol. The Labute approximate surface area is 123 Å². The van der Waals surface area contributed by atoms with E-state index in [0.717, 1.165) is 32.8 Å². The highest BCUT2D eigenvalue weighted by Crippen LogP contribution is 2.16. The second-order valence-electron chi connectivity index (χ2n) is 6.04. The monoisotopic (exact) mass is 276 g/mol. The molecule has 3 nitrogen and oxygen atoms in total. The highest BCUT2D eigenvalue weighted by Gasteiger charge is 2.28. The van der Waals surface area contributed by atoms with Gasteiger partial charge in [-0.25, -0.2) is 0 Å². The van der Waals surface area contributed by atoms with E-state index in [1.165, 1.54) is 17.5 Å². The zero-order chi connectivity index (χ0) is 14.4. The average molecular weight is 276 g/mol. The summed E-state index contributed by atoms with van der Waals surface area (Å²) in [6, 6.07) is 9.35. The number of nitrogens with one attached hydrogen (secondary N) is 1. The molecule has 1 N–H and O–H groups in total. The minimum atomic E-state index is 0.524. The third kappa shape index (κ3) is 4.58. The van der Waals surface area contributed by atoms with Crippen molar-refractivity contribution in [1.82, 2.24) is 10.2 Å². The van der Waals surface area contributed by atoms with Crippen LogP contribution in [0.1, 0.15) is 24.5 Å². The smallest absolute Gasteiger partial charge is 0.0623 e. The quantitative estimate of drug-likeness (QED) is 0.828. The third-order valence-electron chi connectivity index (χ3n) is 3.97. The molecule has 0 bridgehead atoms. The first kappa shape index (κ1) is 15.5. The maximum absolute atomic E-state index is 5.64. The predicted molar refractivity (Wildman–Crippen MR) is 83.9 cm³/mol. The van der Waals surface area contributed by atoms with Crippen molar-refractivity contribution in [1.29, 1.82) is 0 Å². The Hall–Kier alpha value is -0.900. The van der Waals surface area contributed by atoms with Gasteiger partial charge in [0.2, 0.25) is 0 Å². The molecule has 2 unspecified atom stereocenters. The van der Waals surface area contributed by atoms with Crippen LogP contribution in [0.15, 0.2) is 24.3 Å². The number of nitrogens with zero attached hydrogens (tertiary/aromatic N) is 1. The van der Waals surface area contributed by atoms with Crippen LogP contribution < -0.4 is 5.32 Å². The molecule has 1 aliphatic rings. The number of ether oxygens (including phenoxy) is 1. The van der Waals surface area contributed by atoms with Crippen molar-refractivity contribution in [3.63, 3.8) is 0 Å². The van der Waals surface area contributed by atoms with Crippen molar-refractivity contribution in [3.8, 4) is 0 Å². The maximum atomic E-state index is 5.64. The summed E-state index contributed by atoms with van der Waals surface area (Å²) in [6.07, 6.45) is 1.18. The summed E-state index contributed by atoms with van der Waals surface area (Å²) in [7, 11) is 2.20. The van der Waals surface area contributed by atoms with Crippen molar-refractivity contribution >= 4 is 0 Å². The van der Waals surface area contributed by atoms with Crippen molar-refractivity contribution in [2.45, 2.75) is 32.9 Å². The first-order valence-corrected chi connectivity index (χ1v) is 7.74. The maximum Gasteiger partial charge on any atom is 0.0623 e. The lowest BCUT2D eigenvalue weighted by Crippen LogP contribution is -2.40. The van der Waals surface area contributed by atoms with Gasteiger partial charge in [-0.1, -0.05) is 36.8 Å². The topological polar surface area (TPSA) is 24.5 Å². The van der Waals surface area contributed by atoms with Crippen LogP contribution in [-0.4, -0.2) is 44.3 Å². The molecular formula is C17H28N2O. The van der Waals surface area contributed by atoms with E-state index in [0.29, 0.717) is 12.0 Å². The Bertz CT molecular complexity index is 390. The van der Waals surface area contributed by atoms with E-state index < -0.39 is 0 Å². The normalized spacial score (nSPS) is 22.6. The molecule has 0 amide bonds. The van der Waals surface area contributed by atoms with Crippen LogP contribution in [0.25, 0.3) is 0 Å². The predicted octanol–water partition coefficient (Wildman–Crippen LogP) is 2.44. The van der Waals surface area contributed by atoms with E-state index in [1.807, 2.05) is 0 Å². The summed E-state index contributed by atoms with van der Waals surface area (Å²) < 4.78 is 5.64. The lowest BCUT2D eigenvalue weighted by Gasteiger charge is -2.25. The van der Waals surface area contributed by atoms with Gasteiger partial charge in [-0.2, -0.15) is 0 Å². The van der Waals surface area contributed by atoms with Gasteiger partial charge >= 0.3 is 0 Å². The molecule has 2 atom stereocenters. The van der Waals surface area contributed by atoms with Gasteiger partial charge in [0.25, 0.3) is 0 Å². The number of hydrogen-bond acceptors (Lipinski definition) is 3. The molecule has 0 aromatic heterocycles. The van der Waals surface area contributed by atoms with E-state index >= 15 is 0 Å². The molecule has 1 fully saturated rings. The zero-order valence-corrected chi connectivity index (χ0v) is 13.1. The van der Waals surface area contributed by atoms with Gasteiger partial charge in [0.15, 0.2) is 0 Å². The van der Waals surface area contributed by atoms with Crippen LogP contribution in [0.5, 0.6) is 0 Å². The van der Waals surface area contributed by atoms with Crippen LogP contribution in [0.3, 0.4) is 0 Å². The minimum absolute atomic E-state index is 0.524. The molecule has 0 spiro atoms. The third-order valence-corrected chi connectivity index (χ3v) is 3.97. The Morgan fingerprint density at radius 3 is 2.70 bits per heavy atom. The van der Waals surface area contributed by atoms with Gasteiger partial charge in [-0.15, -0.1) is 0 Å². The Morgan fingerprint density at radius 2 is 2.00 bits per heavy atom. The summed E-state index contributed by atoms with van der Waals surface area (Å²) in [5, 5.41) is 3.61. The molecule has 1 saturated heterocycles. The lowest BCUT2D eigenvalue weighted by molar-refractivity contribution is 0.172. The highest BCUT2D eigenvalue weighted by molar-refractivity contribution is 5.21. The lowest BCUT2D eigenvalue weighted by atomic mass is 10.0. The molecule has 2 rings (SSSR count). The fourth-order valence-corrected chi connectivity index (χ4v) is 2.80. The van der Waals surface area contributed by atoms with Gasteiger partial charge < -0.3 is 15.0 Å². The van der Waals surface area contributed by atoms with Crippen LogP contribution in [0, 0.1) is 12.8 Å². The molecule has 0 saturated carbocycles. The van der Waals surface area contributed by atoms with E-state index in [9.17, 15) is 0 Å². The summed E-state index contributed by atoms with van der Waals surface area (Å²) in [5.41, 5.74) is 2.71. The highest BCUT2D eigenvalue weighted by atomic mass is 16.5. The number of rotatable bonds is 7. The van der Waals surface area contributed by atoms with Crippen molar-refractivity contribution in [2.75, 3.05) is 33.4 Å².